The summed E-state index contributed by atoms with van der Waals surface area (Å²) in [5.41, 5.74) is 0.975. The lowest BCUT2D eigenvalue weighted by molar-refractivity contribution is 0.161. The van der Waals surface area contributed by atoms with E-state index in [2.05, 4.69) is 5.10 Å². The van der Waals surface area contributed by atoms with Crippen LogP contribution in [0.5, 0.6) is 0 Å². The van der Waals surface area contributed by atoms with Gasteiger partial charge in [-0.05, 0) is 25.3 Å². The Kier molecular flexibility index (Phi) is 1.66. The Balaban J connectivity index is 2.34. The summed E-state index contributed by atoms with van der Waals surface area (Å²) in [6, 6.07) is 1.90. The van der Waals surface area contributed by atoms with Crippen molar-refractivity contribution in [1.82, 2.24) is 9.78 Å². The predicted octanol–water partition coefficient (Wildman–Crippen LogP) is 1.10. The molecule has 0 spiro atoms. The van der Waals surface area contributed by atoms with Crippen LogP contribution in [0, 0.1) is 0 Å². The Morgan fingerprint density at radius 3 is 3.36 bits per heavy atom. The molecule has 1 unspecified atom stereocenters. The average Bonchev–Trinajstić information content (AvgIpc) is 2.40. The molecule has 2 rings (SSSR count). The number of hydrogen-bond acceptors (Lipinski definition) is 2. The third-order valence-corrected chi connectivity index (χ3v) is 2.19. The van der Waals surface area contributed by atoms with Crippen LogP contribution >= 0.6 is 0 Å². The Morgan fingerprint density at radius 1 is 1.55 bits per heavy atom. The molecule has 0 bridgehead atoms. The van der Waals surface area contributed by atoms with Gasteiger partial charge >= 0.3 is 0 Å². The molecule has 2 heterocycles. The van der Waals surface area contributed by atoms with Gasteiger partial charge in [0.15, 0.2) is 0 Å². The van der Waals surface area contributed by atoms with Crippen molar-refractivity contribution < 1.29 is 5.11 Å². The molecule has 1 atom stereocenters. The highest BCUT2D eigenvalue weighted by molar-refractivity contribution is 5.05. The summed E-state index contributed by atoms with van der Waals surface area (Å²) in [5.74, 6) is 0. The maximum Gasteiger partial charge on any atom is 0.0956 e. The van der Waals surface area contributed by atoms with E-state index in [0.717, 1.165) is 31.5 Å². The summed E-state index contributed by atoms with van der Waals surface area (Å²) in [4.78, 5) is 0. The SMILES string of the molecule is OC1CCCCn2nccc21. The first-order valence-corrected chi connectivity index (χ1v) is 4.08. The first-order chi connectivity index (χ1) is 5.38. The lowest BCUT2D eigenvalue weighted by atomic mass is 10.1. The van der Waals surface area contributed by atoms with Crippen molar-refractivity contribution in [3.8, 4) is 0 Å². The maximum atomic E-state index is 9.57. The summed E-state index contributed by atoms with van der Waals surface area (Å²) >= 11 is 0. The highest BCUT2D eigenvalue weighted by Gasteiger charge is 2.15. The summed E-state index contributed by atoms with van der Waals surface area (Å²) in [7, 11) is 0. The molecule has 0 aliphatic carbocycles. The zero-order valence-corrected chi connectivity index (χ0v) is 6.40. The van der Waals surface area contributed by atoms with Crippen LogP contribution in [0.3, 0.4) is 0 Å². The van der Waals surface area contributed by atoms with Crippen LogP contribution in [0.1, 0.15) is 31.1 Å². The zero-order chi connectivity index (χ0) is 7.68. The molecular formula is C8H12N2O. The number of aromatic nitrogens is 2. The van der Waals surface area contributed by atoms with E-state index in [-0.39, 0.29) is 6.10 Å². The number of aliphatic hydroxyl groups is 1. The second-order valence-corrected chi connectivity index (χ2v) is 2.99. The fourth-order valence-corrected chi connectivity index (χ4v) is 1.56. The van der Waals surface area contributed by atoms with Crippen molar-refractivity contribution in [2.45, 2.75) is 31.9 Å². The molecule has 0 saturated carbocycles. The second kappa shape index (κ2) is 2.66. The Bertz CT molecular complexity index is 244. The van der Waals surface area contributed by atoms with Gasteiger partial charge in [-0.2, -0.15) is 5.10 Å². The van der Waals surface area contributed by atoms with Gasteiger partial charge in [-0.3, -0.25) is 4.68 Å². The fraction of sp³-hybridized carbons (Fsp3) is 0.625. The molecule has 0 fully saturated rings. The summed E-state index contributed by atoms with van der Waals surface area (Å²) in [6.07, 6.45) is 4.58. The van der Waals surface area contributed by atoms with E-state index >= 15 is 0 Å². The van der Waals surface area contributed by atoms with Crippen LogP contribution in [0.4, 0.5) is 0 Å². The highest BCUT2D eigenvalue weighted by Crippen LogP contribution is 2.22. The normalized spacial score (nSPS) is 24.3. The number of rotatable bonds is 0. The van der Waals surface area contributed by atoms with Gasteiger partial charge in [0.1, 0.15) is 0 Å². The van der Waals surface area contributed by atoms with Gasteiger partial charge in [0.05, 0.1) is 11.8 Å². The zero-order valence-electron chi connectivity index (χ0n) is 6.40. The molecule has 3 nitrogen and oxygen atoms in total. The van der Waals surface area contributed by atoms with Crippen molar-refractivity contribution in [1.29, 1.82) is 0 Å². The van der Waals surface area contributed by atoms with Gasteiger partial charge in [0.2, 0.25) is 0 Å². The van der Waals surface area contributed by atoms with Crippen molar-refractivity contribution in [3.63, 3.8) is 0 Å². The summed E-state index contributed by atoms with van der Waals surface area (Å²) < 4.78 is 1.90. The number of fused-ring (bicyclic) bond motifs is 1. The average molecular weight is 152 g/mol. The first kappa shape index (κ1) is 6.85. The third kappa shape index (κ3) is 1.16. The molecule has 11 heavy (non-hydrogen) atoms. The van der Waals surface area contributed by atoms with Gasteiger partial charge in [0.25, 0.3) is 0 Å². The predicted molar refractivity (Wildman–Crippen MR) is 41.0 cm³/mol. The fourth-order valence-electron chi connectivity index (χ4n) is 1.56. The minimum Gasteiger partial charge on any atom is -0.387 e. The van der Waals surface area contributed by atoms with Crippen LogP contribution in [-0.4, -0.2) is 14.9 Å². The van der Waals surface area contributed by atoms with Crippen LogP contribution in [0.2, 0.25) is 0 Å². The number of aliphatic hydroxyl groups excluding tert-OH is 1. The van der Waals surface area contributed by atoms with Crippen LogP contribution in [0.25, 0.3) is 0 Å². The smallest absolute Gasteiger partial charge is 0.0956 e. The molecule has 1 N–H and O–H groups in total. The lowest BCUT2D eigenvalue weighted by Crippen LogP contribution is -2.04. The van der Waals surface area contributed by atoms with E-state index in [1.165, 1.54) is 0 Å². The third-order valence-electron chi connectivity index (χ3n) is 2.19. The molecule has 1 aromatic heterocycles. The molecule has 0 radical (unpaired) electrons. The van der Waals surface area contributed by atoms with Gasteiger partial charge in [0, 0.05) is 12.7 Å². The maximum absolute atomic E-state index is 9.57. The van der Waals surface area contributed by atoms with Crippen molar-refractivity contribution in [2.24, 2.45) is 0 Å². The number of nitrogens with zero attached hydrogens (tertiary/aromatic N) is 2. The molecule has 1 aliphatic rings. The van der Waals surface area contributed by atoms with Gasteiger partial charge in [-0.15, -0.1) is 0 Å². The Labute approximate surface area is 65.7 Å². The monoisotopic (exact) mass is 152 g/mol. The summed E-state index contributed by atoms with van der Waals surface area (Å²) in [6.45, 7) is 0.958. The molecule has 0 saturated heterocycles. The molecule has 0 amide bonds. The van der Waals surface area contributed by atoms with Gasteiger partial charge in [-0.25, -0.2) is 0 Å². The minimum absolute atomic E-state index is 0.292. The topological polar surface area (TPSA) is 38.0 Å². The van der Waals surface area contributed by atoms with E-state index in [4.69, 9.17) is 0 Å². The lowest BCUT2D eigenvalue weighted by Gasteiger charge is -2.06. The highest BCUT2D eigenvalue weighted by atomic mass is 16.3. The van der Waals surface area contributed by atoms with Gasteiger partial charge < -0.3 is 5.11 Å². The Morgan fingerprint density at radius 2 is 2.45 bits per heavy atom. The molecular weight excluding hydrogens is 140 g/mol. The quantitative estimate of drug-likeness (QED) is 0.604. The largest absolute Gasteiger partial charge is 0.387 e. The minimum atomic E-state index is -0.292. The molecule has 0 aromatic carbocycles. The van der Waals surface area contributed by atoms with Crippen molar-refractivity contribution in [3.05, 3.63) is 18.0 Å². The van der Waals surface area contributed by atoms with E-state index in [0.29, 0.717) is 0 Å². The van der Waals surface area contributed by atoms with Crippen molar-refractivity contribution >= 4 is 0 Å². The van der Waals surface area contributed by atoms with Crippen molar-refractivity contribution in [2.75, 3.05) is 0 Å². The van der Waals surface area contributed by atoms with E-state index < -0.39 is 0 Å². The number of hydrogen-bond donors (Lipinski definition) is 1. The summed E-state index contributed by atoms with van der Waals surface area (Å²) in [5, 5.41) is 13.7. The van der Waals surface area contributed by atoms with E-state index in [1.807, 2.05) is 10.7 Å². The van der Waals surface area contributed by atoms with Crippen LogP contribution in [0.15, 0.2) is 12.3 Å². The van der Waals surface area contributed by atoms with Crippen LogP contribution < -0.4 is 0 Å². The van der Waals surface area contributed by atoms with Gasteiger partial charge in [-0.1, -0.05) is 0 Å². The first-order valence-electron chi connectivity index (χ1n) is 4.08. The molecule has 1 aromatic rings. The second-order valence-electron chi connectivity index (χ2n) is 2.99. The molecule has 1 aliphatic heterocycles. The molecule has 3 heteroatoms. The molecule has 60 valence electrons. The Hall–Kier alpha value is -0.830. The van der Waals surface area contributed by atoms with E-state index in [9.17, 15) is 5.11 Å². The number of aryl methyl sites for hydroxylation is 1. The van der Waals surface area contributed by atoms with Crippen LogP contribution in [-0.2, 0) is 6.54 Å². The standard InChI is InChI=1S/C8H12N2O/c11-8-3-1-2-6-10-7(8)4-5-9-10/h4-5,8,11H,1-3,6H2. The van der Waals surface area contributed by atoms with E-state index in [1.54, 1.807) is 6.20 Å².